The highest BCUT2D eigenvalue weighted by Crippen LogP contribution is 2.44. The highest BCUT2D eigenvalue weighted by Gasteiger charge is 2.37. The highest BCUT2D eigenvalue weighted by molar-refractivity contribution is 7.80. The van der Waals surface area contributed by atoms with Gasteiger partial charge in [0.15, 0.2) is 5.11 Å². The number of thiocarbonyl (C=S) groups is 1. The van der Waals surface area contributed by atoms with Crippen molar-refractivity contribution in [2.75, 3.05) is 4.90 Å². The normalized spacial score (nSPS) is 20.3. The van der Waals surface area contributed by atoms with Crippen molar-refractivity contribution < 1.29 is 0 Å². The van der Waals surface area contributed by atoms with Gasteiger partial charge in [-0.15, -0.1) is 0 Å². The Morgan fingerprint density at radius 3 is 2.77 bits per heavy atom. The van der Waals surface area contributed by atoms with Crippen LogP contribution in [0.3, 0.4) is 0 Å². The number of nitrogens with two attached hydrogens (primary N) is 1. The SMILES string of the molecule is CC1CC(C)(C)N(C(C)C)c2ccc(/C=N/NC(N)=S)cc21. The molecule has 0 aromatic heterocycles. The molecule has 0 fully saturated rings. The molecule has 1 heterocycles. The van der Waals surface area contributed by atoms with Gasteiger partial charge in [-0.2, -0.15) is 5.10 Å². The molecular weight excluding hydrogens is 292 g/mol. The van der Waals surface area contributed by atoms with Crippen molar-refractivity contribution in [3.63, 3.8) is 0 Å². The number of benzene rings is 1. The van der Waals surface area contributed by atoms with E-state index in [2.05, 4.69) is 68.2 Å². The molecule has 0 saturated heterocycles. The van der Waals surface area contributed by atoms with E-state index in [0.29, 0.717) is 12.0 Å². The van der Waals surface area contributed by atoms with E-state index in [1.807, 2.05) is 0 Å². The first-order valence-corrected chi connectivity index (χ1v) is 8.15. The Labute approximate surface area is 138 Å². The number of rotatable bonds is 3. The summed E-state index contributed by atoms with van der Waals surface area (Å²) >= 11 is 4.74. The van der Waals surface area contributed by atoms with Crippen LogP contribution in [0.25, 0.3) is 0 Å². The monoisotopic (exact) mass is 318 g/mol. The molecule has 1 atom stereocenters. The van der Waals surface area contributed by atoms with Crippen molar-refractivity contribution in [1.82, 2.24) is 5.43 Å². The van der Waals surface area contributed by atoms with Crippen molar-refractivity contribution in [3.8, 4) is 0 Å². The summed E-state index contributed by atoms with van der Waals surface area (Å²) in [5, 5.41) is 4.22. The van der Waals surface area contributed by atoms with Crippen LogP contribution in [0.1, 0.15) is 58.1 Å². The zero-order chi connectivity index (χ0) is 16.5. The molecule has 0 amide bonds. The van der Waals surface area contributed by atoms with E-state index in [0.717, 1.165) is 12.0 Å². The number of fused-ring (bicyclic) bond motifs is 1. The van der Waals surface area contributed by atoms with Crippen LogP contribution < -0.4 is 16.1 Å². The van der Waals surface area contributed by atoms with E-state index in [1.54, 1.807) is 6.21 Å². The number of nitrogens with one attached hydrogen (secondary N) is 1. The van der Waals surface area contributed by atoms with Gasteiger partial charge < -0.3 is 10.6 Å². The van der Waals surface area contributed by atoms with Gasteiger partial charge in [-0.05, 0) is 75.5 Å². The average Bonchev–Trinajstić information content (AvgIpc) is 2.37. The molecule has 1 aliphatic rings. The Kier molecular flexibility index (Phi) is 4.75. The van der Waals surface area contributed by atoms with Crippen LogP contribution >= 0.6 is 12.2 Å². The molecule has 1 unspecified atom stereocenters. The van der Waals surface area contributed by atoms with Crippen LogP contribution in [0.15, 0.2) is 23.3 Å². The minimum absolute atomic E-state index is 0.170. The maximum absolute atomic E-state index is 5.37. The number of hydrogen-bond donors (Lipinski definition) is 2. The minimum Gasteiger partial charge on any atom is -0.375 e. The molecule has 1 aromatic rings. The molecule has 22 heavy (non-hydrogen) atoms. The summed E-state index contributed by atoms with van der Waals surface area (Å²) in [4.78, 5) is 2.52. The smallest absolute Gasteiger partial charge is 0.184 e. The first kappa shape index (κ1) is 16.7. The van der Waals surface area contributed by atoms with Crippen LogP contribution in [0.2, 0.25) is 0 Å². The maximum Gasteiger partial charge on any atom is 0.184 e. The minimum atomic E-state index is 0.170. The first-order valence-electron chi connectivity index (χ1n) is 7.74. The van der Waals surface area contributed by atoms with Crippen molar-refractivity contribution >= 4 is 29.2 Å². The van der Waals surface area contributed by atoms with Crippen LogP contribution in [-0.4, -0.2) is 22.9 Å². The predicted molar refractivity (Wildman–Crippen MR) is 98.7 cm³/mol. The van der Waals surface area contributed by atoms with Crippen LogP contribution in [0, 0.1) is 0 Å². The Morgan fingerprint density at radius 1 is 1.50 bits per heavy atom. The third-order valence-electron chi connectivity index (χ3n) is 4.20. The van der Waals surface area contributed by atoms with Gasteiger partial charge in [-0.1, -0.05) is 13.0 Å². The lowest BCUT2D eigenvalue weighted by Gasteiger charge is -2.50. The lowest BCUT2D eigenvalue weighted by atomic mass is 9.79. The number of hydrazone groups is 1. The van der Waals surface area contributed by atoms with E-state index in [-0.39, 0.29) is 10.7 Å². The lowest BCUT2D eigenvalue weighted by molar-refractivity contribution is 0.356. The molecule has 0 bridgehead atoms. The molecule has 0 spiro atoms. The average molecular weight is 318 g/mol. The second-order valence-corrected chi connectivity index (χ2v) is 7.37. The zero-order valence-corrected chi connectivity index (χ0v) is 14.9. The standard InChI is InChI=1S/C17H26N4S/c1-11(2)21-15-7-6-13(10-19-20-16(18)22)8-14(15)12(3)9-17(21,4)5/h6-8,10-12H,9H2,1-5H3,(H3,18,20,22)/b19-10+. The number of hydrogen-bond acceptors (Lipinski definition) is 3. The molecule has 120 valence electrons. The molecule has 0 saturated carbocycles. The van der Waals surface area contributed by atoms with Crippen molar-refractivity contribution in [1.29, 1.82) is 0 Å². The number of anilines is 1. The molecule has 1 aromatic carbocycles. The topological polar surface area (TPSA) is 53.6 Å². The fourth-order valence-corrected chi connectivity index (χ4v) is 3.75. The largest absolute Gasteiger partial charge is 0.375 e. The van der Waals surface area contributed by atoms with Gasteiger partial charge >= 0.3 is 0 Å². The Morgan fingerprint density at radius 2 is 2.18 bits per heavy atom. The van der Waals surface area contributed by atoms with E-state index in [1.165, 1.54) is 11.3 Å². The number of nitrogens with zero attached hydrogens (tertiary/aromatic N) is 2. The fraction of sp³-hybridized carbons (Fsp3) is 0.529. The highest BCUT2D eigenvalue weighted by atomic mass is 32.1. The summed E-state index contributed by atoms with van der Waals surface area (Å²) in [6.45, 7) is 11.5. The van der Waals surface area contributed by atoms with Crippen molar-refractivity contribution in [2.24, 2.45) is 10.8 Å². The third kappa shape index (κ3) is 3.40. The summed E-state index contributed by atoms with van der Waals surface area (Å²) in [5.74, 6) is 0.525. The van der Waals surface area contributed by atoms with Crippen LogP contribution in [0.5, 0.6) is 0 Å². The van der Waals surface area contributed by atoms with Gasteiger partial charge in [-0.3, -0.25) is 5.43 Å². The van der Waals surface area contributed by atoms with Gasteiger partial charge in [0, 0.05) is 17.3 Å². The van der Waals surface area contributed by atoms with Crippen LogP contribution in [0.4, 0.5) is 5.69 Å². The Hall–Kier alpha value is -1.62. The molecule has 0 aliphatic carbocycles. The van der Waals surface area contributed by atoms with Gasteiger partial charge in [0.25, 0.3) is 0 Å². The van der Waals surface area contributed by atoms with E-state index >= 15 is 0 Å². The summed E-state index contributed by atoms with van der Waals surface area (Å²) in [6.07, 6.45) is 2.90. The third-order valence-corrected chi connectivity index (χ3v) is 4.30. The van der Waals surface area contributed by atoms with Gasteiger partial charge in [0.1, 0.15) is 0 Å². The van der Waals surface area contributed by atoms with Crippen LogP contribution in [-0.2, 0) is 0 Å². The van der Waals surface area contributed by atoms with E-state index in [9.17, 15) is 0 Å². The Balaban J connectivity index is 2.38. The molecule has 5 heteroatoms. The molecule has 2 rings (SSSR count). The maximum atomic E-state index is 5.37. The van der Waals surface area contributed by atoms with Gasteiger partial charge in [0.2, 0.25) is 0 Å². The van der Waals surface area contributed by atoms with Crippen molar-refractivity contribution in [3.05, 3.63) is 29.3 Å². The van der Waals surface area contributed by atoms with Crippen molar-refractivity contribution in [2.45, 2.75) is 58.5 Å². The molecular formula is C17H26N4S. The fourth-order valence-electron chi connectivity index (χ4n) is 3.70. The molecule has 1 aliphatic heterocycles. The lowest BCUT2D eigenvalue weighted by Crippen LogP contribution is -2.51. The Bertz CT molecular complexity index is 592. The van der Waals surface area contributed by atoms with E-state index in [4.69, 9.17) is 18.0 Å². The summed E-state index contributed by atoms with van der Waals surface area (Å²) < 4.78 is 0. The molecule has 0 radical (unpaired) electrons. The quantitative estimate of drug-likeness (QED) is 0.510. The molecule has 4 nitrogen and oxygen atoms in total. The first-order chi connectivity index (χ1) is 10.2. The second kappa shape index (κ2) is 6.24. The predicted octanol–water partition coefficient (Wildman–Crippen LogP) is 3.35. The summed E-state index contributed by atoms with van der Waals surface area (Å²) in [5.41, 5.74) is 11.9. The van der Waals surface area contributed by atoms with Gasteiger partial charge in [-0.25, -0.2) is 0 Å². The second-order valence-electron chi connectivity index (χ2n) is 6.93. The summed E-state index contributed by atoms with van der Waals surface area (Å²) in [7, 11) is 0. The van der Waals surface area contributed by atoms with Gasteiger partial charge in [0.05, 0.1) is 6.21 Å². The zero-order valence-electron chi connectivity index (χ0n) is 14.1. The summed E-state index contributed by atoms with van der Waals surface area (Å²) in [6, 6.07) is 6.98. The van der Waals surface area contributed by atoms with E-state index < -0.39 is 0 Å². The molecule has 3 N–H and O–H groups in total.